The summed E-state index contributed by atoms with van der Waals surface area (Å²) in [6, 6.07) is 12.1. The van der Waals surface area contributed by atoms with Crippen LogP contribution >= 0.6 is 22.9 Å². The molecular formula is C28H30ClN3O4S. The Morgan fingerprint density at radius 3 is 2.57 bits per heavy atom. The summed E-state index contributed by atoms with van der Waals surface area (Å²) in [4.78, 5) is 34.7. The maximum absolute atomic E-state index is 14.0. The smallest absolute Gasteiger partial charge is 0.271 e. The van der Waals surface area contributed by atoms with Gasteiger partial charge >= 0.3 is 0 Å². The highest BCUT2D eigenvalue weighted by atomic mass is 35.5. The van der Waals surface area contributed by atoms with Crippen molar-refractivity contribution in [2.75, 3.05) is 26.8 Å². The molecule has 1 amide bonds. The number of amides is 1. The highest BCUT2D eigenvalue weighted by Gasteiger charge is 2.35. The predicted molar refractivity (Wildman–Crippen MR) is 147 cm³/mol. The standard InChI is InChI=1S/C28H30ClN3O4S/c1-6-31(7-2)27(34)24-17(4)30-28-32(25(24)20-11-9-10-12-22(20)35-5)26(33)23(37-28)16-18-15-19(29)13-14-21(18)36-8-3/h9-16,25H,6-8H2,1-5H3/b23-16+/t25-/m0/s1. The number of hydrogen-bond donors (Lipinski definition) is 0. The van der Waals surface area contributed by atoms with Crippen LogP contribution in [0.3, 0.4) is 0 Å². The Morgan fingerprint density at radius 1 is 1.16 bits per heavy atom. The number of rotatable bonds is 8. The minimum atomic E-state index is -0.687. The van der Waals surface area contributed by atoms with E-state index in [0.29, 0.717) is 62.4 Å². The van der Waals surface area contributed by atoms with Crippen molar-refractivity contribution in [1.82, 2.24) is 9.47 Å². The Morgan fingerprint density at radius 2 is 1.89 bits per heavy atom. The van der Waals surface area contributed by atoms with Gasteiger partial charge in [0.25, 0.3) is 11.5 Å². The molecule has 0 radical (unpaired) electrons. The van der Waals surface area contributed by atoms with E-state index in [-0.39, 0.29) is 11.5 Å². The van der Waals surface area contributed by atoms with Crippen molar-refractivity contribution in [3.8, 4) is 11.5 Å². The minimum absolute atomic E-state index is 0.148. The maximum Gasteiger partial charge on any atom is 0.271 e. The van der Waals surface area contributed by atoms with E-state index in [0.717, 1.165) is 5.56 Å². The number of fused-ring (bicyclic) bond motifs is 1. The number of aromatic nitrogens is 1. The van der Waals surface area contributed by atoms with Crippen LogP contribution in [0.2, 0.25) is 5.02 Å². The number of thiazole rings is 1. The molecule has 37 heavy (non-hydrogen) atoms. The summed E-state index contributed by atoms with van der Waals surface area (Å²) in [5, 5.41) is 0.539. The van der Waals surface area contributed by atoms with Crippen molar-refractivity contribution in [3.63, 3.8) is 0 Å². The number of allylic oxidation sites excluding steroid dienone is 1. The van der Waals surface area contributed by atoms with Crippen molar-refractivity contribution >= 4 is 34.9 Å². The molecule has 0 bridgehead atoms. The van der Waals surface area contributed by atoms with Gasteiger partial charge in [0.15, 0.2) is 4.80 Å². The molecule has 9 heteroatoms. The third-order valence-corrected chi connectivity index (χ3v) is 7.51. The quantitative estimate of drug-likeness (QED) is 0.431. The van der Waals surface area contributed by atoms with E-state index < -0.39 is 6.04 Å². The van der Waals surface area contributed by atoms with Gasteiger partial charge in [-0.15, -0.1) is 0 Å². The highest BCUT2D eigenvalue weighted by Crippen LogP contribution is 2.36. The summed E-state index contributed by atoms with van der Waals surface area (Å²) in [5.41, 5.74) is 2.21. The zero-order valence-electron chi connectivity index (χ0n) is 21.6. The van der Waals surface area contributed by atoms with Gasteiger partial charge in [0.2, 0.25) is 0 Å². The van der Waals surface area contributed by atoms with Crippen molar-refractivity contribution < 1.29 is 14.3 Å². The van der Waals surface area contributed by atoms with Crippen LogP contribution in [0.5, 0.6) is 11.5 Å². The van der Waals surface area contributed by atoms with Crippen LogP contribution in [0.15, 0.2) is 63.5 Å². The number of benzene rings is 2. The van der Waals surface area contributed by atoms with E-state index in [2.05, 4.69) is 0 Å². The maximum atomic E-state index is 14.0. The van der Waals surface area contributed by atoms with Gasteiger partial charge in [-0.2, -0.15) is 0 Å². The van der Waals surface area contributed by atoms with Gasteiger partial charge in [-0.25, -0.2) is 4.99 Å². The van der Waals surface area contributed by atoms with E-state index in [4.69, 9.17) is 26.1 Å². The van der Waals surface area contributed by atoms with E-state index >= 15 is 0 Å². The van der Waals surface area contributed by atoms with Crippen LogP contribution in [-0.4, -0.2) is 42.2 Å². The lowest BCUT2D eigenvalue weighted by molar-refractivity contribution is -0.127. The summed E-state index contributed by atoms with van der Waals surface area (Å²) >= 11 is 7.52. The van der Waals surface area contributed by atoms with E-state index in [1.54, 1.807) is 40.9 Å². The van der Waals surface area contributed by atoms with Crippen LogP contribution in [0, 0.1) is 0 Å². The van der Waals surface area contributed by atoms with Gasteiger partial charge in [-0.1, -0.05) is 41.1 Å². The number of hydrogen-bond acceptors (Lipinski definition) is 6. The number of carbonyl (C=O) groups is 1. The number of ether oxygens (including phenoxy) is 2. The van der Waals surface area contributed by atoms with Gasteiger partial charge in [-0.05, 0) is 58.0 Å². The molecule has 0 saturated carbocycles. The number of carbonyl (C=O) groups excluding carboxylic acids is 1. The zero-order chi connectivity index (χ0) is 26.7. The van der Waals surface area contributed by atoms with E-state index in [9.17, 15) is 9.59 Å². The van der Waals surface area contributed by atoms with Crippen molar-refractivity contribution in [1.29, 1.82) is 0 Å². The summed E-state index contributed by atoms with van der Waals surface area (Å²) in [7, 11) is 1.58. The molecule has 194 valence electrons. The topological polar surface area (TPSA) is 73.1 Å². The molecule has 0 N–H and O–H groups in total. The third kappa shape index (κ3) is 5.08. The van der Waals surface area contributed by atoms with Gasteiger partial charge in [0.1, 0.15) is 17.5 Å². The Hall–Kier alpha value is -3.36. The van der Waals surface area contributed by atoms with Gasteiger partial charge in [0.05, 0.1) is 29.5 Å². The molecule has 0 spiro atoms. The lowest BCUT2D eigenvalue weighted by atomic mass is 9.94. The predicted octanol–water partition coefficient (Wildman–Crippen LogP) is 4.16. The summed E-state index contributed by atoms with van der Waals surface area (Å²) < 4.78 is 13.5. The molecule has 2 heterocycles. The molecule has 0 aliphatic carbocycles. The second-order valence-corrected chi connectivity index (χ2v) is 9.86. The fraction of sp³-hybridized carbons (Fsp3) is 0.321. The number of likely N-dealkylation sites (N-methyl/N-ethyl adjacent to an activating group) is 1. The minimum Gasteiger partial charge on any atom is -0.496 e. The second-order valence-electron chi connectivity index (χ2n) is 8.42. The average Bonchev–Trinajstić information content (AvgIpc) is 3.19. The van der Waals surface area contributed by atoms with Crippen molar-refractivity contribution in [2.45, 2.75) is 33.7 Å². The zero-order valence-corrected chi connectivity index (χ0v) is 23.2. The second kappa shape index (κ2) is 11.4. The molecule has 1 aromatic heterocycles. The molecular weight excluding hydrogens is 510 g/mol. The van der Waals surface area contributed by atoms with Crippen LogP contribution in [-0.2, 0) is 4.79 Å². The average molecular weight is 540 g/mol. The Labute approximate surface area is 224 Å². The van der Waals surface area contributed by atoms with Gasteiger partial charge in [0, 0.05) is 29.2 Å². The van der Waals surface area contributed by atoms with Crippen LogP contribution in [0.1, 0.15) is 44.9 Å². The largest absolute Gasteiger partial charge is 0.496 e. The third-order valence-electron chi connectivity index (χ3n) is 6.29. The molecule has 1 aliphatic heterocycles. The summed E-state index contributed by atoms with van der Waals surface area (Å²) in [6.07, 6.45) is 1.77. The number of halogens is 1. The first-order valence-electron chi connectivity index (χ1n) is 12.2. The van der Waals surface area contributed by atoms with Gasteiger partial charge < -0.3 is 14.4 Å². The van der Waals surface area contributed by atoms with E-state index in [1.807, 2.05) is 52.0 Å². The first-order chi connectivity index (χ1) is 17.8. The van der Waals surface area contributed by atoms with Crippen molar-refractivity contribution in [3.05, 3.63) is 89.6 Å². The molecule has 7 nitrogen and oxygen atoms in total. The Bertz CT molecular complexity index is 1540. The first-order valence-corrected chi connectivity index (χ1v) is 13.4. The molecule has 0 fully saturated rings. The lowest BCUT2D eigenvalue weighted by Crippen LogP contribution is -2.43. The molecule has 4 rings (SSSR count). The first kappa shape index (κ1) is 26.7. The van der Waals surface area contributed by atoms with Gasteiger partial charge in [-0.3, -0.25) is 14.2 Å². The summed E-state index contributed by atoms with van der Waals surface area (Å²) in [6.45, 7) is 9.16. The van der Waals surface area contributed by atoms with Crippen molar-refractivity contribution in [2.24, 2.45) is 4.99 Å². The Kier molecular flexibility index (Phi) is 8.19. The lowest BCUT2D eigenvalue weighted by Gasteiger charge is -2.29. The Balaban J connectivity index is 2.00. The molecule has 0 saturated heterocycles. The molecule has 3 aromatic rings. The molecule has 1 atom stereocenters. The number of para-hydroxylation sites is 1. The summed E-state index contributed by atoms with van der Waals surface area (Å²) in [5.74, 6) is 1.08. The van der Waals surface area contributed by atoms with Crippen LogP contribution < -0.4 is 24.4 Å². The number of nitrogens with zero attached hydrogens (tertiary/aromatic N) is 3. The monoisotopic (exact) mass is 539 g/mol. The molecule has 1 aliphatic rings. The van der Waals surface area contributed by atoms with E-state index in [1.165, 1.54) is 11.3 Å². The normalized spacial score (nSPS) is 15.3. The SMILES string of the molecule is CCOc1ccc(Cl)cc1/C=c1/sc2n(c1=O)[C@@H](c1ccccc1OC)C(C(=O)N(CC)CC)=C(C)N=2. The van der Waals surface area contributed by atoms with Crippen LogP contribution in [0.4, 0.5) is 0 Å². The highest BCUT2D eigenvalue weighted by molar-refractivity contribution is 7.07. The fourth-order valence-electron chi connectivity index (χ4n) is 4.52. The number of methoxy groups -OCH3 is 1. The molecule has 2 aromatic carbocycles. The molecule has 0 unspecified atom stereocenters. The fourth-order valence-corrected chi connectivity index (χ4v) is 5.74. The van der Waals surface area contributed by atoms with Crippen LogP contribution in [0.25, 0.3) is 6.08 Å².